The fourth-order valence-electron chi connectivity index (χ4n) is 6.77. The maximum atomic E-state index is 13.0. The Hall–Kier alpha value is -2.96. The van der Waals surface area contributed by atoms with Crippen LogP contribution in [0.4, 0.5) is 23.1 Å². The van der Waals surface area contributed by atoms with Gasteiger partial charge >= 0.3 is 0 Å². The first-order chi connectivity index (χ1) is 22.5. The van der Waals surface area contributed by atoms with Crippen LogP contribution < -0.4 is 20.7 Å². The number of ether oxygens (including phenoxy) is 1. The lowest BCUT2D eigenvalue weighted by molar-refractivity contribution is 0.00700. The van der Waals surface area contributed by atoms with Gasteiger partial charge in [0, 0.05) is 38.8 Å². The highest BCUT2D eigenvalue weighted by Gasteiger charge is 2.36. The first kappa shape index (κ1) is 33.9. The van der Waals surface area contributed by atoms with E-state index in [1.165, 1.54) is 50.0 Å². The molecule has 0 atom stereocenters. The summed E-state index contributed by atoms with van der Waals surface area (Å²) >= 11 is 6.49. The lowest BCUT2D eigenvalue weighted by Crippen LogP contribution is -2.63. The fraction of sp³-hybridized carbons (Fsp3) is 0.543. The van der Waals surface area contributed by atoms with Gasteiger partial charge in [-0.1, -0.05) is 23.7 Å². The van der Waals surface area contributed by atoms with E-state index in [0.717, 1.165) is 43.3 Å². The van der Waals surface area contributed by atoms with E-state index < -0.39 is 15.1 Å². The molecule has 0 radical (unpaired) electrons. The molecule has 10 nitrogen and oxygen atoms in total. The number of hydrogen-bond acceptors (Lipinski definition) is 10. The molecule has 3 aromatic rings. The van der Waals surface area contributed by atoms with Crippen LogP contribution in [-0.4, -0.2) is 91.4 Å². The number of halogens is 1. The third kappa shape index (κ3) is 7.70. The second kappa shape index (κ2) is 14.3. The Balaban J connectivity index is 1.16. The van der Waals surface area contributed by atoms with Crippen LogP contribution in [0.15, 0.2) is 47.5 Å². The summed E-state index contributed by atoms with van der Waals surface area (Å²) < 4.78 is 32.4. The molecule has 3 N–H and O–H groups in total. The summed E-state index contributed by atoms with van der Waals surface area (Å²) in [6.45, 7) is 17.8. The van der Waals surface area contributed by atoms with E-state index in [2.05, 4.69) is 54.8 Å². The molecule has 3 saturated heterocycles. The van der Waals surface area contributed by atoms with Gasteiger partial charge in [0.25, 0.3) is 0 Å². The quantitative estimate of drug-likeness (QED) is 0.211. The van der Waals surface area contributed by atoms with Crippen molar-refractivity contribution in [3.05, 3.63) is 58.7 Å². The van der Waals surface area contributed by atoms with Crippen molar-refractivity contribution < 1.29 is 13.2 Å². The minimum absolute atomic E-state index is 0.0204. The van der Waals surface area contributed by atoms with Gasteiger partial charge in [-0.25, -0.2) is 13.4 Å². The number of rotatable bonds is 12. The van der Waals surface area contributed by atoms with Crippen LogP contribution in [-0.2, 0) is 9.84 Å². The molecule has 0 saturated carbocycles. The number of anilines is 4. The minimum atomic E-state index is -3.53. The van der Waals surface area contributed by atoms with Crippen molar-refractivity contribution in [2.45, 2.75) is 75.7 Å². The standard InChI is InChI=1S/C35H48ClN7O3S/c1-22(2)46-32-15-28(26-10-12-43(13-11-26)27-20-42(21-27)19-25-16-37-17-25)24(5)14-31(32)40-35-38-18-29(36)34(41-35)39-30-8-6-7-9-33(30)47(44,45)23(3)4/h6-9,14-15,18,22-23,25-27,37H,10-13,16-17,19-21H2,1-5H3,(H2,38,39,40,41). The Morgan fingerprint density at radius 1 is 1.04 bits per heavy atom. The zero-order valence-electron chi connectivity index (χ0n) is 28.1. The molecule has 3 aliphatic heterocycles. The molecule has 2 aromatic carbocycles. The molecule has 0 unspecified atom stereocenters. The van der Waals surface area contributed by atoms with E-state index >= 15 is 0 Å². The number of aryl methyl sites for hydroxylation is 1. The second-order valence-electron chi connectivity index (χ2n) is 13.8. The molecule has 6 rings (SSSR count). The predicted molar refractivity (Wildman–Crippen MR) is 189 cm³/mol. The normalized spacial score (nSPS) is 18.7. The van der Waals surface area contributed by atoms with E-state index in [9.17, 15) is 8.42 Å². The number of nitrogens with one attached hydrogen (secondary N) is 3. The van der Waals surface area contributed by atoms with Crippen LogP contribution >= 0.6 is 11.6 Å². The summed E-state index contributed by atoms with van der Waals surface area (Å²) in [4.78, 5) is 14.6. The maximum Gasteiger partial charge on any atom is 0.229 e. The topological polar surface area (TPSA) is 112 Å². The van der Waals surface area contributed by atoms with Crippen molar-refractivity contribution in [1.82, 2.24) is 25.1 Å². The van der Waals surface area contributed by atoms with E-state index in [4.69, 9.17) is 16.3 Å². The molecule has 0 aliphatic carbocycles. The van der Waals surface area contributed by atoms with Crippen LogP contribution in [0.3, 0.4) is 0 Å². The Bertz CT molecular complexity index is 1670. The van der Waals surface area contributed by atoms with Crippen LogP contribution in [0, 0.1) is 12.8 Å². The molecule has 0 spiro atoms. The van der Waals surface area contributed by atoms with Crippen LogP contribution in [0.25, 0.3) is 0 Å². The molecular formula is C35H48ClN7O3S. The number of nitrogens with zero attached hydrogens (tertiary/aromatic N) is 4. The van der Waals surface area contributed by atoms with Gasteiger partial charge < -0.3 is 20.7 Å². The van der Waals surface area contributed by atoms with Gasteiger partial charge in [0.15, 0.2) is 15.7 Å². The van der Waals surface area contributed by atoms with E-state index in [0.29, 0.717) is 29.4 Å². The van der Waals surface area contributed by atoms with Gasteiger partial charge in [0.2, 0.25) is 5.95 Å². The molecule has 254 valence electrons. The van der Waals surface area contributed by atoms with Crippen molar-refractivity contribution in [3.8, 4) is 5.75 Å². The van der Waals surface area contributed by atoms with Crippen molar-refractivity contribution in [2.24, 2.45) is 5.92 Å². The zero-order chi connectivity index (χ0) is 33.3. The maximum absolute atomic E-state index is 13.0. The number of sulfone groups is 1. The molecule has 3 fully saturated rings. The first-order valence-electron chi connectivity index (χ1n) is 16.9. The largest absolute Gasteiger partial charge is 0.489 e. The minimum Gasteiger partial charge on any atom is -0.489 e. The SMILES string of the molecule is Cc1cc(Nc2ncc(Cl)c(Nc3ccccc3S(=O)(=O)C(C)C)n2)c(OC(C)C)cc1C1CCN(C2CN(CC3CNC3)C2)CC1. The predicted octanol–water partition coefficient (Wildman–Crippen LogP) is 5.98. The Labute approximate surface area is 284 Å². The van der Waals surface area contributed by atoms with E-state index in [-0.39, 0.29) is 16.0 Å². The highest BCUT2D eigenvalue weighted by Crippen LogP contribution is 2.39. The number of para-hydroxylation sites is 1. The molecular weight excluding hydrogens is 634 g/mol. The summed E-state index contributed by atoms with van der Waals surface area (Å²) in [6, 6.07) is 11.8. The van der Waals surface area contributed by atoms with Gasteiger partial charge in [-0.2, -0.15) is 4.98 Å². The van der Waals surface area contributed by atoms with Crippen LogP contribution in [0.1, 0.15) is 57.6 Å². The Morgan fingerprint density at radius 2 is 1.77 bits per heavy atom. The van der Waals surface area contributed by atoms with Crippen molar-refractivity contribution in [3.63, 3.8) is 0 Å². The first-order valence-corrected chi connectivity index (χ1v) is 18.8. The van der Waals surface area contributed by atoms with Crippen molar-refractivity contribution in [1.29, 1.82) is 0 Å². The molecule has 4 heterocycles. The number of likely N-dealkylation sites (tertiary alicyclic amines) is 2. The summed E-state index contributed by atoms with van der Waals surface area (Å²) in [5.74, 6) is 2.70. The Kier molecular flexibility index (Phi) is 10.3. The zero-order valence-corrected chi connectivity index (χ0v) is 29.7. The van der Waals surface area contributed by atoms with E-state index in [1.54, 1.807) is 38.1 Å². The van der Waals surface area contributed by atoms with Gasteiger partial charge in [0.05, 0.1) is 33.8 Å². The monoisotopic (exact) mass is 681 g/mol. The average molecular weight is 682 g/mol. The average Bonchev–Trinajstić information content (AvgIpc) is 2.99. The number of benzene rings is 2. The second-order valence-corrected chi connectivity index (χ2v) is 16.7. The summed E-state index contributed by atoms with van der Waals surface area (Å²) in [5, 5.41) is 9.56. The van der Waals surface area contributed by atoms with Gasteiger partial charge in [-0.05, 0) is 108 Å². The lowest BCUT2D eigenvalue weighted by Gasteiger charge is -2.49. The van der Waals surface area contributed by atoms with Crippen LogP contribution in [0.5, 0.6) is 5.75 Å². The van der Waals surface area contributed by atoms with Gasteiger partial charge in [-0.3, -0.25) is 9.80 Å². The van der Waals surface area contributed by atoms with Gasteiger partial charge in [-0.15, -0.1) is 0 Å². The summed E-state index contributed by atoms with van der Waals surface area (Å²) in [7, 11) is -3.53. The number of hydrogen-bond donors (Lipinski definition) is 3. The molecule has 47 heavy (non-hydrogen) atoms. The Morgan fingerprint density at radius 3 is 2.43 bits per heavy atom. The van der Waals surface area contributed by atoms with Crippen molar-refractivity contribution >= 4 is 44.6 Å². The molecule has 3 aliphatic rings. The highest BCUT2D eigenvalue weighted by molar-refractivity contribution is 7.92. The molecule has 12 heteroatoms. The summed E-state index contributed by atoms with van der Waals surface area (Å²) in [6.07, 6.45) is 3.76. The smallest absolute Gasteiger partial charge is 0.229 e. The highest BCUT2D eigenvalue weighted by atomic mass is 35.5. The van der Waals surface area contributed by atoms with Gasteiger partial charge in [0.1, 0.15) is 10.8 Å². The number of aromatic nitrogens is 2. The molecule has 1 aromatic heterocycles. The lowest BCUT2D eigenvalue weighted by atomic mass is 9.85. The summed E-state index contributed by atoms with van der Waals surface area (Å²) in [5.41, 5.74) is 3.71. The third-order valence-electron chi connectivity index (χ3n) is 9.59. The third-order valence-corrected chi connectivity index (χ3v) is 12.1. The fourth-order valence-corrected chi connectivity index (χ4v) is 8.11. The number of piperidine rings is 1. The van der Waals surface area contributed by atoms with Crippen LogP contribution in [0.2, 0.25) is 5.02 Å². The molecule has 0 amide bonds. The van der Waals surface area contributed by atoms with E-state index in [1.807, 2.05) is 13.8 Å². The van der Waals surface area contributed by atoms with Crippen molar-refractivity contribution in [2.75, 3.05) is 56.4 Å². The molecule has 0 bridgehead atoms.